The summed E-state index contributed by atoms with van der Waals surface area (Å²) in [7, 11) is -4.00. The standard InChI is InChI=1S/C19H16N4O5S/c24-16-8-4-5-14(11-16)13-20-21-18-10-9-17(12-19(18)23(25)26)29(27,28)22-15-6-2-1-3-7-15/h1-13,21-22,24H/b20-13-. The highest BCUT2D eigenvalue weighted by Crippen LogP contribution is 2.28. The molecule has 0 saturated heterocycles. The van der Waals surface area contributed by atoms with Gasteiger partial charge >= 0.3 is 0 Å². The summed E-state index contributed by atoms with van der Waals surface area (Å²) in [5.74, 6) is 0.0559. The van der Waals surface area contributed by atoms with Gasteiger partial charge in [-0.2, -0.15) is 5.10 Å². The molecule has 0 amide bonds. The van der Waals surface area contributed by atoms with Crippen LogP contribution >= 0.6 is 0 Å². The van der Waals surface area contributed by atoms with Crippen LogP contribution in [-0.4, -0.2) is 24.7 Å². The Kier molecular flexibility index (Phi) is 5.74. The van der Waals surface area contributed by atoms with Crippen molar-refractivity contribution < 1.29 is 18.4 Å². The van der Waals surface area contributed by atoms with Crippen molar-refractivity contribution in [1.82, 2.24) is 0 Å². The maximum absolute atomic E-state index is 12.5. The molecule has 0 radical (unpaired) electrons. The van der Waals surface area contributed by atoms with Crippen LogP contribution in [0.4, 0.5) is 17.1 Å². The summed E-state index contributed by atoms with van der Waals surface area (Å²) < 4.78 is 27.4. The van der Waals surface area contributed by atoms with E-state index in [4.69, 9.17) is 0 Å². The molecule has 0 heterocycles. The first-order valence-electron chi connectivity index (χ1n) is 8.29. The molecule has 0 spiro atoms. The minimum absolute atomic E-state index is 0.0186. The number of phenolic OH excluding ortho intramolecular Hbond substituents is 1. The van der Waals surface area contributed by atoms with E-state index in [9.17, 15) is 23.6 Å². The fourth-order valence-electron chi connectivity index (χ4n) is 2.43. The van der Waals surface area contributed by atoms with Crippen molar-refractivity contribution in [2.24, 2.45) is 5.10 Å². The van der Waals surface area contributed by atoms with Crippen molar-refractivity contribution in [3.63, 3.8) is 0 Å². The van der Waals surface area contributed by atoms with Gasteiger partial charge in [-0.05, 0) is 42.0 Å². The largest absolute Gasteiger partial charge is 0.508 e. The predicted octanol–water partition coefficient (Wildman–Crippen LogP) is 3.55. The SMILES string of the molecule is O=[N+]([O-])c1cc(S(=O)(=O)Nc2ccccc2)ccc1N/N=C\c1cccc(O)c1. The number of nitro groups is 1. The molecule has 29 heavy (non-hydrogen) atoms. The number of aromatic hydroxyl groups is 1. The molecule has 0 atom stereocenters. The molecule has 148 valence electrons. The Morgan fingerprint density at radius 2 is 1.76 bits per heavy atom. The fourth-order valence-corrected chi connectivity index (χ4v) is 3.50. The van der Waals surface area contributed by atoms with Crippen molar-refractivity contribution in [3.8, 4) is 5.75 Å². The van der Waals surface area contributed by atoms with Gasteiger partial charge in [0.2, 0.25) is 0 Å². The Bertz CT molecular complexity index is 1160. The Morgan fingerprint density at radius 3 is 2.45 bits per heavy atom. The number of nitrogens with zero attached hydrogens (tertiary/aromatic N) is 2. The summed E-state index contributed by atoms with van der Waals surface area (Å²) in [5, 5.41) is 24.7. The van der Waals surface area contributed by atoms with E-state index in [1.54, 1.807) is 42.5 Å². The average molecular weight is 412 g/mol. The van der Waals surface area contributed by atoms with Crippen molar-refractivity contribution in [1.29, 1.82) is 0 Å². The average Bonchev–Trinajstić information content (AvgIpc) is 2.68. The molecule has 0 unspecified atom stereocenters. The zero-order chi connectivity index (χ0) is 20.9. The van der Waals surface area contributed by atoms with E-state index in [2.05, 4.69) is 15.2 Å². The Labute approximate surface area is 166 Å². The maximum Gasteiger partial charge on any atom is 0.295 e. The zero-order valence-corrected chi connectivity index (χ0v) is 15.7. The first-order chi connectivity index (χ1) is 13.8. The molecule has 3 N–H and O–H groups in total. The number of hydrazone groups is 1. The first kappa shape index (κ1) is 19.8. The highest BCUT2D eigenvalue weighted by molar-refractivity contribution is 7.92. The van der Waals surface area contributed by atoms with E-state index < -0.39 is 20.6 Å². The lowest BCUT2D eigenvalue weighted by molar-refractivity contribution is -0.384. The van der Waals surface area contributed by atoms with E-state index in [0.29, 0.717) is 11.3 Å². The summed E-state index contributed by atoms with van der Waals surface area (Å²) in [6.45, 7) is 0. The van der Waals surface area contributed by atoms with Gasteiger partial charge in [0.05, 0.1) is 16.0 Å². The molecule has 0 aliphatic heterocycles. The van der Waals surface area contributed by atoms with Crippen LogP contribution in [0.1, 0.15) is 5.56 Å². The predicted molar refractivity (Wildman–Crippen MR) is 110 cm³/mol. The topological polar surface area (TPSA) is 134 Å². The summed E-state index contributed by atoms with van der Waals surface area (Å²) in [5.41, 5.74) is 3.01. The molecule has 9 nitrogen and oxygen atoms in total. The van der Waals surface area contributed by atoms with Crippen LogP contribution in [-0.2, 0) is 10.0 Å². The third-order valence-corrected chi connectivity index (χ3v) is 5.15. The number of benzene rings is 3. The van der Waals surface area contributed by atoms with Gasteiger partial charge in [0.15, 0.2) is 0 Å². The van der Waals surface area contributed by atoms with E-state index >= 15 is 0 Å². The van der Waals surface area contributed by atoms with Gasteiger partial charge in [0.25, 0.3) is 15.7 Å². The number of sulfonamides is 1. The Hall–Kier alpha value is -3.92. The van der Waals surface area contributed by atoms with E-state index in [-0.39, 0.29) is 16.3 Å². The third-order valence-electron chi connectivity index (χ3n) is 3.77. The van der Waals surface area contributed by atoms with E-state index in [0.717, 1.165) is 6.07 Å². The normalized spacial score (nSPS) is 11.3. The number of hydrogen-bond donors (Lipinski definition) is 3. The lowest BCUT2D eigenvalue weighted by atomic mass is 10.2. The molecule has 10 heteroatoms. The molecule has 0 fully saturated rings. The van der Waals surface area contributed by atoms with Gasteiger partial charge in [-0.25, -0.2) is 8.42 Å². The molecular weight excluding hydrogens is 396 g/mol. The third kappa shape index (κ3) is 5.08. The van der Waals surface area contributed by atoms with Gasteiger partial charge in [-0.1, -0.05) is 30.3 Å². The molecule has 3 aromatic carbocycles. The van der Waals surface area contributed by atoms with Gasteiger partial charge in [-0.3, -0.25) is 20.3 Å². The molecular formula is C19H16N4O5S. The maximum atomic E-state index is 12.5. The van der Waals surface area contributed by atoms with Crippen LogP contribution in [0.25, 0.3) is 0 Å². The minimum atomic E-state index is -4.00. The molecule has 0 aliphatic rings. The molecule has 0 bridgehead atoms. The van der Waals surface area contributed by atoms with Gasteiger partial charge < -0.3 is 5.11 Å². The second kappa shape index (κ2) is 8.40. The highest BCUT2D eigenvalue weighted by Gasteiger charge is 2.21. The van der Waals surface area contributed by atoms with E-state index in [1.165, 1.54) is 30.5 Å². The van der Waals surface area contributed by atoms with Crippen LogP contribution in [0, 0.1) is 10.1 Å². The Balaban J connectivity index is 1.84. The van der Waals surface area contributed by atoms with Crippen LogP contribution in [0.3, 0.4) is 0 Å². The summed E-state index contributed by atoms with van der Waals surface area (Å²) in [6.07, 6.45) is 1.37. The number of nitro benzene ring substituents is 1. The summed E-state index contributed by atoms with van der Waals surface area (Å²) in [6, 6.07) is 17.9. The number of anilines is 2. The molecule has 3 aromatic rings. The van der Waals surface area contributed by atoms with Crippen molar-refractivity contribution in [3.05, 3.63) is 88.5 Å². The molecule has 0 aromatic heterocycles. The van der Waals surface area contributed by atoms with Gasteiger partial charge in [-0.15, -0.1) is 0 Å². The fraction of sp³-hybridized carbons (Fsp3) is 0. The van der Waals surface area contributed by atoms with Gasteiger partial charge in [0, 0.05) is 11.8 Å². The van der Waals surface area contributed by atoms with Crippen molar-refractivity contribution >= 4 is 33.3 Å². The van der Waals surface area contributed by atoms with Gasteiger partial charge in [0.1, 0.15) is 11.4 Å². The summed E-state index contributed by atoms with van der Waals surface area (Å²) in [4.78, 5) is 10.4. The first-order valence-corrected chi connectivity index (χ1v) is 9.78. The summed E-state index contributed by atoms with van der Waals surface area (Å²) >= 11 is 0. The number of rotatable bonds is 7. The van der Waals surface area contributed by atoms with E-state index in [1.807, 2.05) is 0 Å². The van der Waals surface area contributed by atoms with Crippen LogP contribution < -0.4 is 10.1 Å². The van der Waals surface area contributed by atoms with Crippen LogP contribution in [0.15, 0.2) is 82.8 Å². The number of nitrogens with one attached hydrogen (secondary N) is 2. The second-order valence-corrected chi connectivity index (χ2v) is 7.55. The zero-order valence-electron chi connectivity index (χ0n) is 14.9. The lowest BCUT2D eigenvalue weighted by Crippen LogP contribution is -2.13. The Morgan fingerprint density at radius 1 is 1.00 bits per heavy atom. The molecule has 0 aliphatic carbocycles. The molecule has 3 rings (SSSR count). The second-order valence-electron chi connectivity index (χ2n) is 5.87. The number of hydrogen-bond acceptors (Lipinski definition) is 7. The number of phenols is 1. The molecule has 0 saturated carbocycles. The highest BCUT2D eigenvalue weighted by atomic mass is 32.2. The van der Waals surface area contributed by atoms with Crippen molar-refractivity contribution in [2.75, 3.05) is 10.1 Å². The quantitative estimate of drug-likeness (QED) is 0.309. The van der Waals surface area contributed by atoms with Crippen LogP contribution in [0.2, 0.25) is 0 Å². The monoisotopic (exact) mass is 412 g/mol. The van der Waals surface area contributed by atoms with Crippen molar-refractivity contribution in [2.45, 2.75) is 4.90 Å². The smallest absolute Gasteiger partial charge is 0.295 e. The van der Waals surface area contributed by atoms with Crippen LogP contribution in [0.5, 0.6) is 5.75 Å². The number of para-hydroxylation sites is 1. The minimum Gasteiger partial charge on any atom is -0.508 e. The lowest BCUT2D eigenvalue weighted by Gasteiger charge is -2.09.